The van der Waals surface area contributed by atoms with E-state index in [1.165, 1.54) is 46.9 Å². The SMILES string of the molecule is NCCCCCCN.O=C1C=CC(=O)N1CCCCCCN1C(=O)C=CC1=O. The van der Waals surface area contributed by atoms with E-state index in [4.69, 9.17) is 11.5 Å². The van der Waals surface area contributed by atoms with Crippen LogP contribution in [-0.2, 0) is 19.2 Å². The largest absolute Gasteiger partial charge is 0.330 e. The summed E-state index contributed by atoms with van der Waals surface area (Å²) in [5, 5.41) is 0. The van der Waals surface area contributed by atoms with Crippen molar-refractivity contribution in [2.75, 3.05) is 26.2 Å². The standard InChI is InChI=1S/C14H16N2O4.C6H16N2/c17-11-5-6-12(18)15(11)9-3-1-2-4-10-16-13(19)7-8-14(16)20;7-5-3-1-2-4-6-8/h5-8H,1-4,9-10H2;1-8H2. The van der Waals surface area contributed by atoms with Crippen LogP contribution in [0.25, 0.3) is 0 Å². The van der Waals surface area contributed by atoms with Gasteiger partial charge in [0.2, 0.25) is 0 Å². The number of hydrogen-bond donors (Lipinski definition) is 2. The van der Waals surface area contributed by atoms with Crippen LogP contribution in [0.4, 0.5) is 0 Å². The lowest BCUT2D eigenvalue weighted by molar-refractivity contribution is -0.138. The second-order valence-corrected chi connectivity index (χ2v) is 6.73. The van der Waals surface area contributed by atoms with Crippen molar-refractivity contribution < 1.29 is 19.2 Å². The van der Waals surface area contributed by atoms with Gasteiger partial charge in [-0.2, -0.15) is 0 Å². The first-order valence-corrected chi connectivity index (χ1v) is 9.98. The summed E-state index contributed by atoms with van der Waals surface area (Å²) >= 11 is 0. The lowest BCUT2D eigenvalue weighted by Gasteiger charge is -2.14. The Kier molecular flexibility index (Phi) is 11.7. The molecule has 0 saturated carbocycles. The van der Waals surface area contributed by atoms with Crippen molar-refractivity contribution in [3.63, 3.8) is 0 Å². The molecule has 0 saturated heterocycles. The van der Waals surface area contributed by atoms with Gasteiger partial charge in [0.05, 0.1) is 0 Å². The molecule has 2 aliphatic rings. The molecule has 0 radical (unpaired) electrons. The first-order valence-electron chi connectivity index (χ1n) is 9.98. The summed E-state index contributed by atoms with van der Waals surface area (Å²) in [6, 6.07) is 0. The average Bonchev–Trinajstić information content (AvgIpc) is 3.17. The summed E-state index contributed by atoms with van der Waals surface area (Å²) in [6.07, 6.45) is 13.1. The summed E-state index contributed by atoms with van der Waals surface area (Å²) in [7, 11) is 0. The van der Waals surface area contributed by atoms with Crippen LogP contribution in [0.3, 0.4) is 0 Å². The molecule has 0 aliphatic carbocycles. The number of amides is 4. The van der Waals surface area contributed by atoms with Crippen molar-refractivity contribution in [3.8, 4) is 0 Å². The number of nitrogens with zero attached hydrogens (tertiary/aromatic N) is 2. The minimum atomic E-state index is -0.255. The summed E-state index contributed by atoms with van der Waals surface area (Å²) < 4.78 is 0. The van der Waals surface area contributed by atoms with Gasteiger partial charge in [0.15, 0.2) is 0 Å². The molecule has 4 N–H and O–H groups in total. The maximum absolute atomic E-state index is 11.3. The highest BCUT2D eigenvalue weighted by atomic mass is 16.2. The fourth-order valence-corrected chi connectivity index (χ4v) is 2.84. The Morgan fingerprint density at radius 1 is 0.500 bits per heavy atom. The third-order valence-electron chi connectivity index (χ3n) is 4.47. The Labute approximate surface area is 166 Å². The minimum Gasteiger partial charge on any atom is -0.330 e. The van der Waals surface area contributed by atoms with E-state index >= 15 is 0 Å². The second-order valence-electron chi connectivity index (χ2n) is 6.73. The molecule has 8 nitrogen and oxygen atoms in total. The molecule has 2 aliphatic heterocycles. The molecule has 156 valence electrons. The third kappa shape index (κ3) is 8.58. The molecule has 8 heteroatoms. The fraction of sp³-hybridized carbons (Fsp3) is 0.600. The van der Waals surface area contributed by atoms with Gasteiger partial charge in [-0.1, -0.05) is 25.7 Å². The zero-order chi connectivity index (χ0) is 20.8. The summed E-state index contributed by atoms with van der Waals surface area (Å²) in [5.74, 6) is -1.02. The van der Waals surface area contributed by atoms with E-state index in [1.807, 2.05) is 0 Å². The van der Waals surface area contributed by atoms with Crippen molar-refractivity contribution in [1.82, 2.24) is 9.80 Å². The highest BCUT2D eigenvalue weighted by Gasteiger charge is 2.23. The molecule has 0 unspecified atom stereocenters. The Morgan fingerprint density at radius 3 is 1.07 bits per heavy atom. The summed E-state index contributed by atoms with van der Waals surface area (Å²) in [6.45, 7) is 2.50. The number of carbonyl (C=O) groups is 4. The minimum absolute atomic E-state index is 0.255. The molecule has 0 spiro atoms. The Hall–Kier alpha value is -2.32. The zero-order valence-electron chi connectivity index (χ0n) is 16.5. The molecule has 0 aromatic heterocycles. The predicted molar refractivity (Wildman–Crippen MR) is 107 cm³/mol. The van der Waals surface area contributed by atoms with Crippen LogP contribution in [0, 0.1) is 0 Å². The van der Waals surface area contributed by atoms with Gasteiger partial charge in [0, 0.05) is 37.4 Å². The highest BCUT2D eigenvalue weighted by Crippen LogP contribution is 2.10. The van der Waals surface area contributed by atoms with Crippen LogP contribution in [0.2, 0.25) is 0 Å². The molecule has 0 fully saturated rings. The molecule has 0 atom stereocenters. The van der Waals surface area contributed by atoms with Crippen LogP contribution in [-0.4, -0.2) is 59.6 Å². The van der Waals surface area contributed by atoms with Gasteiger partial charge in [0.25, 0.3) is 23.6 Å². The quantitative estimate of drug-likeness (QED) is 0.375. The van der Waals surface area contributed by atoms with Crippen molar-refractivity contribution in [2.45, 2.75) is 51.4 Å². The molecule has 0 bridgehead atoms. The molecule has 4 amide bonds. The van der Waals surface area contributed by atoms with Crippen LogP contribution in [0.5, 0.6) is 0 Å². The van der Waals surface area contributed by atoms with Crippen LogP contribution in [0.15, 0.2) is 24.3 Å². The Bertz CT molecular complexity index is 513. The number of imide groups is 2. The second kappa shape index (κ2) is 13.8. The maximum Gasteiger partial charge on any atom is 0.253 e. The molecule has 28 heavy (non-hydrogen) atoms. The van der Waals surface area contributed by atoms with Gasteiger partial charge >= 0.3 is 0 Å². The van der Waals surface area contributed by atoms with E-state index in [0.29, 0.717) is 13.1 Å². The van der Waals surface area contributed by atoms with E-state index in [9.17, 15) is 19.2 Å². The zero-order valence-corrected chi connectivity index (χ0v) is 16.5. The maximum atomic E-state index is 11.3. The van der Waals surface area contributed by atoms with Crippen molar-refractivity contribution >= 4 is 23.6 Å². The molecular weight excluding hydrogens is 360 g/mol. The Balaban J connectivity index is 0.000000416. The first-order chi connectivity index (χ1) is 13.5. The van der Waals surface area contributed by atoms with Crippen molar-refractivity contribution in [2.24, 2.45) is 11.5 Å². The van der Waals surface area contributed by atoms with E-state index in [-0.39, 0.29) is 23.6 Å². The van der Waals surface area contributed by atoms with Gasteiger partial charge in [-0.05, 0) is 38.8 Å². The summed E-state index contributed by atoms with van der Waals surface area (Å²) in [5.41, 5.74) is 10.6. The molecule has 0 aromatic rings. The van der Waals surface area contributed by atoms with Crippen LogP contribution < -0.4 is 11.5 Å². The number of hydrogen-bond acceptors (Lipinski definition) is 6. The Morgan fingerprint density at radius 2 is 0.786 bits per heavy atom. The number of unbranched alkanes of at least 4 members (excludes halogenated alkanes) is 6. The molecule has 0 aromatic carbocycles. The van der Waals surface area contributed by atoms with Gasteiger partial charge in [0.1, 0.15) is 0 Å². The van der Waals surface area contributed by atoms with Gasteiger partial charge in [-0.25, -0.2) is 0 Å². The molecule has 2 rings (SSSR count). The smallest absolute Gasteiger partial charge is 0.253 e. The summed E-state index contributed by atoms with van der Waals surface area (Å²) in [4.78, 5) is 47.6. The topological polar surface area (TPSA) is 127 Å². The number of rotatable bonds is 12. The van der Waals surface area contributed by atoms with Gasteiger partial charge in [-0.3, -0.25) is 29.0 Å². The predicted octanol–water partition coefficient (Wildman–Crippen LogP) is 0.861. The van der Waals surface area contributed by atoms with E-state index < -0.39 is 0 Å². The van der Waals surface area contributed by atoms with Crippen LogP contribution >= 0.6 is 0 Å². The molecule has 2 heterocycles. The average molecular weight is 393 g/mol. The lowest BCUT2D eigenvalue weighted by Crippen LogP contribution is -2.31. The van der Waals surface area contributed by atoms with E-state index in [0.717, 1.165) is 51.6 Å². The van der Waals surface area contributed by atoms with E-state index in [1.54, 1.807) is 0 Å². The molecular formula is C20H32N4O4. The van der Waals surface area contributed by atoms with Gasteiger partial charge in [-0.15, -0.1) is 0 Å². The van der Waals surface area contributed by atoms with E-state index in [2.05, 4.69) is 0 Å². The fourth-order valence-electron chi connectivity index (χ4n) is 2.84. The van der Waals surface area contributed by atoms with Crippen molar-refractivity contribution in [3.05, 3.63) is 24.3 Å². The van der Waals surface area contributed by atoms with Crippen molar-refractivity contribution in [1.29, 1.82) is 0 Å². The first kappa shape index (κ1) is 23.7. The normalized spacial score (nSPS) is 15.6. The highest BCUT2D eigenvalue weighted by molar-refractivity contribution is 6.13. The third-order valence-corrected chi connectivity index (χ3v) is 4.47. The number of nitrogens with two attached hydrogens (primary N) is 2. The monoisotopic (exact) mass is 392 g/mol. The van der Waals surface area contributed by atoms with Gasteiger partial charge < -0.3 is 11.5 Å². The lowest BCUT2D eigenvalue weighted by atomic mass is 10.2. The number of carbonyl (C=O) groups excluding carboxylic acids is 4. The van der Waals surface area contributed by atoms with Crippen LogP contribution in [0.1, 0.15) is 51.4 Å².